The van der Waals surface area contributed by atoms with E-state index in [1.165, 1.54) is 83.1 Å². The summed E-state index contributed by atoms with van der Waals surface area (Å²) >= 11 is 0. The molecule has 1 atom stereocenters. The number of hydrogen-bond donors (Lipinski definition) is 0. The minimum atomic E-state index is -0.250. The molecular formula is C60H43N. The predicted molar refractivity (Wildman–Crippen MR) is 258 cm³/mol. The topological polar surface area (TPSA) is 3.24 Å². The van der Waals surface area contributed by atoms with Gasteiger partial charge in [0.15, 0.2) is 0 Å². The highest BCUT2D eigenvalue weighted by atomic mass is 15.1. The van der Waals surface area contributed by atoms with E-state index in [2.05, 4.69) is 254 Å². The number of hydrogen-bond acceptors (Lipinski definition) is 1. The lowest BCUT2D eigenvalue weighted by Gasteiger charge is -2.29. The highest BCUT2D eigenvalue weighted by molar-refractivity contribution is 5.95. The highest BCUT2D eigenvalue weighted by Gasteiger charge is 2.41. The van der Waals surface area contributed by atoms with E-state index in [0.29, 0.717) is 0 Å². The van der Waals surface area contributed by atoms with Crippen LogP contribution in [0.3, 0.4) is 0 Å². The predicted octanol–water partition coefficient (Wildman–Crippen LogP) is 16.3. The third kappa shape index (κ3) is 6.34. The maximum absolute atomic E-state index is 2.41. The fourth-order valence-electron chi connectivity index (χ4n) is 9.66. The summed E-state index contributed by atoms with van der Waals surface area (Å²) in [4.78, 5) is 2.41. The van der Waals surface area contributed by atoms with Gasteiger partial charge < -0.3 is 4.90 Å². The molecule has 0 aliphatic heterocycles. The molecule has 1 aliphatic rings. The Hall–Kier alpha value is -7.74. The van der Waals surface area contributed by atoms with E-state index in [-0.39, 0.29) is 5.41 Å². The first-order chi connectivity index (χ1) is 30.1. The molecule has 10 aromatic rings. The first-order valence-electron chi connectivity index (χ1n) is 21.2. The summed E-state index contributed by atoms with van der Waals surface area (Å²) in [5, 5.41) is 2.50. The standard InChI is InChI=1S/C60H43N/c1-60(50-22-6-3-7-23-50)56-27-12-10-25-55(56)59-54(26-15-28-57(59)60)45-34-38-52(39-35-45)61(51-36-32-44(33-37-51)48-31-30-43-18-8-9-19-46(43)40-48)58-29-13-11-24-53(58)49-21-14-20-47(41-49)42-16-4-2-5-17-42/h2-41H,1H3. The Bertz CT molecular complexity index is 3180. The average Bonchev–Trinajstić information content (AvgIpc) is 3.61. The minimum absolute atomic E-state index is 0.250. The van der Waals surface area contributed by atoms with Crippen LogP contribution in [-0.2, 0) is 5.41 Å². The quantitative estimate of drug-likeness (QED) is 0.149. The molecule has 0 aromatic heterocycles. The van der Waals surface area contributed by atoms with Gasteiger partial charge >= 0.3 is 0 Å². The van der Waals surface area contributed by atoms with Crippen LogP contribution in [0.4, 0.5) is 17.1 Å². The van der Waals surface area contributed by atoms with Crippen molar-refractivity contribution < 1.29 is 0 Å². The monoisotopic (exact) mass is 777 g/mol. The van der Waals surface area contributed by atoms with Crippen molar-refractivity contribution in [2.45, 2.75) is 12.3 Å². The maximum Gasteiger partial charge on any atom is 0.0540 e. The Kier molecular flexibility index (Phi) is 9.02. The van der Waals surface area contributed by atoms with E-state index in [4.69, 9.17) is 0 Å². The van der Waals surface area contributed by atoms with E-state index >= 15 is 0 Å². The van der Waals surface area contributed by atoms with Gasteiger partial charge in [-0.05, 0) is 127 Å². The molecule has 0 saturated carbocycles. The summed E-state index contributed by atoms with van der Waals surface area (Å²) in [6, 6.07) is 88.7. The van der Waals surface area contributed by atoms with E-state index in [1.807, 2.05) is 0 Å². The molecule has 1 aliphatic carbocycles. The fraction of sp³-hybridized carbons (Fsp3) is 0.0333. The van der Waals surface area contributed by atoms with E-state index < -0.39 is 0 Å². The van der Waals surface area contributed by atoms with Crippen molar-refractivity contribution >= 4 is 27.8 Å². The number of anilines is 3. The van der Waals surface area contributed by atoms with Crippen LogP contribution in [0, 0.1) is 0 Å². The van der Waals surface area contributed by atoms with Crippen LogP contribution < -0.4 is 4.90 Å². The molecule has 0 saturated heterocycles. The van der Waals surface area contributed by atoms with Crippen LogP contribution in [0.1, 0.15) is 23.6 Å². The van der Waals surface area contributed by atoms with Crippen LogP contribution in [0.25, 0.3) is 66.4 Å². The van der Waals surface area contributed by atoms with Crippen molar-refractivity contribution in [1.82, 2.24) is 0 Å². The summed E-state index contributed by atoms with van der Waals surface area (Å²) in [6.07, 6.45) is 0. The van der Waals surface area contributed by atoms with Crippen LogP contribution in [0.15, 0.2) is 243 Å². The third-order valence-electron chi connectivity index (χ3n) is 12.8. The van der Waals surface area contributed by atoms with E-state index in [1.54, 1.807) is 0 Å². The van der Waals surface area contributed by atoms with Crippen molar-refractivity contribution in [3.63, 3.8) is 0 Å². The van der Waals surface area contributed by atoms with Crippen molar-refractivity contribution in [3.8, 4) is 55.6 Å². The summed E-state index contributed by atoms with van der Waals surface area (Å²) < 4.78 is 0. The van der Waals surface area contributed by atoms with Crippen LogP contribution >= 0.6 is 0 Å². The molecule has 0 heterocycles. The summed E-state index contributed by atoms with van der Waals surface area (Å²) in [6.45, 7) is 2.38. The summed E-state index contributed by atoms with van der Waals surface area (Å²) in [5.74, 6) is 0. The zero-order valence-corrected chi connectivity index (χ0v) is 34.0. The van der Waals surface area contributed by atoms with E-state index in [0.717, 1.165) is 17.1 Å². The number of fused-ring (bicyclic) bond motifs is 4. The van der Waals surface area contributed by atoms with Gasteiger partial charge in [0.1, 0.15) is 0 Å². The first-order valence-corrected chi connectivity index (χ1v) is 21.2. The largest absolute Gasteiger partial charge is 0.310 e. The molecule has 1 unspecified atom stereocenters. The van der Waals surface area contributed by atoms with Gasteiger partial charge in [0.2, 0.25) is 0 Å². The Balaban J connectivity index is 1.03. The molecule has 0 amide bonds. The van der Waals surface area contributed by atoms with Crippen molar-refractivity contribution in [3.05, 3.63) is 259 Å². The lowest BCUT2D eigenvalue weighted by atomic mass is 9.74. The molecule has 288 valence electrons. The normalized spacial score (nSPS) is 14.0. The second-order valence-electron chi connectivity index (χ2n) is 16.2. The van der Waals surface area contributed by atoms with E-state index in [9.17, 15) is 0 Å². The smallest absolute Gasteiger partial charge is 0.0540 e. The lowest BCUT2D eigenvalue weighted by Crippen LogP contribution is -2.22. The molecule has 0 N–H and O–H groups in total. The second-order valence-corrected chi connectivity index (χ2v) is 16.2. The van der Waals surface area contributed by atoms with Crippen LogP contribution in [0.2, 0.25) is 0 Å². The molecule has 1 nitrogen and oxygen atoms in total. The SMILES string of the molecule is CC1(c2ccccc2)c2ccccc2-c2c(-c3ccc(N(c4ccc(-c5ccc6ccccc6c5)cc4)c4ccccc4-c4cccc(-c5ccccc5)c4)cc3)cccc21. The van der Waals surface area contributed by atoms with Gasteiger partial charge in [0, 0.05) is 22.4 Å². The number of benzene rings is 10. The van der Waals surface area contributed by atoms with Gasteiger partial charge in [-0.2, -0.15) is 0 Å². The molecule has 0 bridgehead atoms. The average molecular weight is 778 g/mol. The zero-order chi connectivity index (χ0) is 40.8. The van der Waals surface area contributed by atoms with Crippen molar-refractivity contribution in [1.29, 1.82) is 0 Å². The molecule has 1 heteroatoms. The van der Waals surface area contributed by atoms with Crippen molar-refractivity contribution in [2.24, 2.45) is 0 Å². The molecule has 10 aromatic carbocycles. The van der Waals surface area contributed by atoms with Gasteiger partial charge in [-0.3, -0.25) is 0 Å². The molecule has 61 heavy (non-hydrogen) atoms. The Morgan fingerprint density at radius 1 is 0.311 bits per heavy atom. The Morgan fingerprint density at radius 2 is 0.820 bits per heavy atom. The maximum atomic E-state index is 2.41. The molecular weight excluding hydrogens is 735 g/mol. The molecule has 0 spiro atoms. The minimum Gasteiger partial charge on any atom is -0.310 e. The molecule has 0 radical (unpaired) electrons. The van der Waals surface area contributed by atoms with Gasteiger partial charge in [-0.25, -0.2) is 0 Å². The lowest BCUT2D eigenvalue weighted by molar-refractivity contribution is 0.714. The Morgan fingerprint density at radius 3 is 1.59 bits per heavy atom. The first kappa shape index (κ1) is 36.3. The highest BCUT2D eigenvalue weighted by Crippen LogP contribution is 2.55. The molecule has 11 rings (SSSR count). The number of nitrogens with zero attached hydrogens (tertiary/aromatic N) is 1. The number of para-hydroxylation sites is 1. The number of rotatable bonds is 8. The van der Waals surface area contributed by atoms with Crippen LogP contribution in [0.5, 0.6) is 0 Å². The Labute approximate surface area is 358 Å². The molecule has 0 fully saturated rings. The van der Waals surface area contributed by atoms with Gasteiger partial charge in [-0.1, -0.05) is 200 Å². The zero-order valence-electron chi connectivity index (χ0n) is 34.0. The summed E-state index contributed by atoms with van der Waals surface area (Å²) in [5.41, 5.74) is 19.3. The van der Waals surface area contributed by atoms with Crippen LogP contribution in [-0.4, -0.2) is 0 Å². The second kappa shape index (κ2) is 15.1. The fourth-order valence-corrected chi connectivity index (χ4v) is 9.66. The van der Waals surface area contributed by atoms with Gasteiger partial charge in [0.25, 0.3) is 0 Å². The third-order valence-corrected chi connectivity index (χ3v) is 12.8. The van der Waals surface area contributed by atoms with Gasteiger partial charge in [0.05, 0.1) is 5.69 Å². The van der Waals surface area contributed by atoms with Crippen molar-refractivity contribution in [2.75, 3.05) is 4.90 Å². The van der Waals surface area contributed by atoms with Gasteiger partial charge in [-0.15, -0.1) is 0 Å². The summed E-state index contributed by atoms with van der Waals surface area (Å²) in [7, 11) is 0.